The van der Waals surface area contributed by atoms with Crippen molar-refractivity contribution < 1.29 is 0 Å². The van der Waals surface area contributed by atoms with Crippen LogP contribution in [0.25, 0.3) is 0 Å². The van der Waals surface area contributed by atoms with Crippen molar-refractivity contribution >= 4 is 28.8 Å². The molecule has 1 atom stereocenters. The minimum atomic E-state index is 0.352. The lowest BCUT2D eigenvalue weighted by Gasteiger charge is -2.24. The topological polar surface area (TPSA) is 37.8 Å². The molecule has 0 amide bonds. The summed E-state index contributed by atoms with van der Waals surface area (Å²) in [6, 6.07) is 4.38. The van der Waals surface area contributed by atoms with Crippen LogP contribution in [0.3, 0.4) is 0 Å². The third-order valence-corrected chi connectivity index (χ3v) is 4.62. The van der Waals surface area contributed by atoms with Crippen molar-refractivity contribution in [1.82, 2.24) is 9.97 Å². The summed E-state index contributed by atoms with van der Waals surface area (Å²) < 4.78 is 0. The Bertz CT molecular complexity index is 582. The Balaban J connectivity index is 1.85. The van der Waals surface area contributed by atoms with Crippen LogP contribution in [-0.2, 0) is 12.8 Å². The van der Waals surface area contributed by atoms with Crippen molar-refractivity contribution in [2.24, 2.45) is 0 Å². The summed E-state index contributed by atoms with van der Waals surface area (Å²) in [6.07, 6.45) is 4.37. The first-order valence-electron chi connectivity index (χ1n) is 6.62. The molecule has 0 saturated carbocycles. The van der Waals surface area contributed by atoms with E-state index in [2.05, 4.69) is 26.7 Å². The number of hydrogen-bond donors (Lipinski definition) is 1. The number of hydrogen-bond acceptors (Lipinski definition) is 4. The van der Waals surface area contributed by atoms with Crippen LogP contribution in [0.5, 0.6) is 0 Å². The molecule has 5 heteroatoms. The van der Waals surface area contributed by atoms with Gasteiger partial charge in [0, 0.05) is 17.4 Å². The van der Waals surface area contributed by atoms with Crippen LogP contribution in [0, 0.1) is 0 Å². The molecule has 3 rings (SSSR count). The molecule has 2 aromatic rings. The predicted molar refractivity (Wildman–Crippen MR) is 80.0 cm³/mol. The fourth-order valence-corrected chi connectivity index (χ4v) is 3.70. The first kappa shape index (κ1) is 12.9. The van der Waals surface area contributed by atoms with E-state index < -0.39 is 0 Å². The lowest BCUT2D eigenvalue weighted by atomic mass is 9.94. The fraction of sp³-hybridized carbons (Fsp3) is 0.429. The molecule has 0 spiro atoms. The highest BCUT2D eigenvalue weighted by Gasteiger charge is 2.21. The summed E-state index contributed by atoms with van der Waals surface area (Å²) in [5.74, 6) is 1.62. The van der Waals surface area contributed by atoms with Gasteiger partial charge in [-0.25, -0.2) is 9.97 Å². The Kier molecular flexibility index (Phi) is 3.71. The molecular weight excluding hydrogens is 278 g/mol. The van der Waals surface area contributed by atoms with Gasteiger partial charge in [-0.15, -0.1) is 11.3 Å². The van der Waals surface area contributed by atoms with E-state index in [1.807, 2.05) is 18.3 Å². The van der Waals surface area contributed by atoms with Crippen molar-refractivity contribution in [3.05, 3.63) is 38.9 Å². The number of thiophene rings is 1. The van der Waals surface area contributed by atoms with Crippen LogP contribution in [0.2, 0.25) is 5.15 Å². The highest BCUT2D eigenvalue weighted by Crippen LogP contribution is 2.35. The molecular formula is C14H16ClN3S. The lowest BCUT2D eigenvalue weighted by molar-refractivity contribution is 0.606. The molecule has 1 unspecified atom stereocenters. The van der Waals surface area contributed by atoms with Crippen LogP contribution in [-0.4, -0.2) is 9.97 Å². The quantitative estimate of drug-likeness (QED) is 0.860. The first-order valence-corrected chi connectivity index (χ1v) is 7.88. The van der Waals surface area contributed by atoms with Crippen molar-refractivity contribution in [3.63, 3.8) is 0 Å². The number of aromatic nitrogens is 2. The van der Waals surface area contributed by atoms with E-state index in [9.17, 15) is 0 Å². The van der Waals surface area contributed by atoms with Gasteiger partial charge in [0.2, 0.25) is 0 Å². The Labute approximate surface area is 122 Å². The van der Waals surface area contributed by atoms with E-state index in [0.29, 0.717) is 11.2 Å². The molecule has 2 heterocycles. The molecule has 0 aliphatic heterocycles. The maximum absolute atomic E-state index is 6.04. The number of halogens is 1. The monoisotopic (exact) mass is 293 g/mol. The van der Waals surface area contributed by atoms with E-state index in [1.54, 1.807) is 6.07 Å². The smallest absolute Gasteiger partial charge is 0.134 e. The van der Waals surface area contributed by atoms with Crippen LogP contribution in [0.4, 0.5) is 5.82 Å². The number of fused-ring (bicyclic) bond motifs is 1. The highest BCUT2D eigenvalue weighted by atomic mass is 35.5. The van der Waals surface area contributed by atoms with Crippen LogP contribution < -0.4 is 5.32 Å². The normalized spacial score (nSPS) is 18.1. The molecule has 0 aromatic carbocycles. The standard InChI is InChI=1S/C14H16ClN3S/c1-2-13-17-12(15)8-14(18-13)16-10-4-3-5-11-9(10)6-7-19-11/h6-8,10H,2-5H2,1H3,(H,16,17,18). The Morgan fingerprint density at radius 2 is 2.37 bits per heavy atom. The summed E-state index contributed by atoms with van der Waals surface area (Å²) in [5, 5.41) is 6.20. The van der Waals surface area contributed by atoms with Crippen molar-refractivity contribution in [2.75, 3.05) is 5.32 Å². The maximum atomic E-state index is 6.04. The van der Waals surface area contributed by atoms with Crippen LogP contribution in [0.15, 0.2) is 17.5 Å². The van der Waals surface area contributed by atoms with E-state index in [4.69, 9.17) is 11.6 Å². The number of anilines is 1. The summed E-state index contributed by atoms with van der Waals surface area (Å²) in [4.78, 5) is 10.2. The predicted octanol–water partition coefficient (Wildman–Crippen LogP) is 4.24. The largest absolute Gasteiger partial charge is 0.363 e. The average molecular weight is 294 g/mol. The molecule has 0 bridgehead atoms. The summed E-state index contributed by atoms with van der Waals surface area (Å²) in [6.45, 7) is 2.03. The lowest BCUT2D eigenvalue weighted by Crippen LogP contribution is -2.16. The van der Waals surface area contributed by atoms with E-state index in [1.165, 1.54) is 23.3 Å². The van der Waals surface area contributed by atoms with Gasteiger partial charge in [-0.05, 0) is 36.3 Å². The van der Waals surface area contributed by atoms with Gasteiger partial charge in [0.05, 0.1) is 6.04 Å². The maximum Gasteiger partial charge on any atom is 0.134 e. The molecule has 2 aromatic heterocycles. The third-order valence-electron chi connectivity index (χ3n) is 3.43. The van der Waals surface area contributed by atoms with Gasteiger partial charge in [0.1, 0.15) is 16.8 Å². The number of rotatable bonds is 3. The number of nitrogens with zero attached hydrogens (tertiary/aromatic N) is 2. The van der Waals surface area contributed by atoms with Gasteiger partial charge in [-0.2, -0.15) is 0 Å². The second kappa shape index (κ2) is 5.47. The summed E-state index contributed by atoms with van der Waals surface area (Å²) >= 11 is 7.89. The molecule has 3 nitrogen and oxygen atoms in total. The van der Waals surface area contributed by atoms with E-state index in [0.717, 1.165) is 24.5 Å². The molecule has 19 heavy (non-hydrogen) atoms. The van der Waals surface area contributed by atoms with Gasteiger partial charge in [-0.3, -0.25) is 0 Å². The Morgan fingerprint density at radius 1 is 1.47 bits per heavy atom. The highest BCUT2D eigenvalue weighted by molar-refractivity contribution is 7.10. The molecule has 1 aliphatic rings. The zero-order valence-corrected chi connectivity index (χ0v) is 12.4. The molecule has 1 N–H and O–H groups in total. The van der Waals surface area contributed by atoms with Gasteiger partial charge >= 0.3 is 0 Å². The fourth-order valence-electron chi connectivity index (χ4n) is 2.51. The second-order valence-electron chi connectivity index (χ2n) is 4.73. The molecule has 0 saturated heterocycles. The van der Waals surface area contributed by atoms with Crippen molar-refractivity contribution in [3.8, 4) is 0 Å². The Hall–Kier alpha value is -1.13. The molecule has 1 aliphatic carbocycles. The van der Waals surface area contributed by atoms with Gasteiger partial charge < -0.3 is 5.32 Å². The van der Waals surface area contributed by atoms with E-state index >= 15 is 0 Å². The minimum absolute atomic E-state index is 0.352. The third kappa shape index (κ3) is 2.74. The molecule has 0 fully saturated rings. The summed E-state index contributed by atoms with van der Waals surface area (Å²) in [5.41, 5.74) is 1.42. The molecule has 100 valence electrons. The van der Waals surface area contributed by atoms with Gasteiger partial charge in [0.25, 0.3) is 0 Å². The zero-order chi connectivity index (χ0) is 13.2. The number of nitrogens with one attached hydrogen (secondary N) is 1. The van der Waals surface area contributed by atoms with Crippen LogP contribution >= 0.6 is 22.9 Å². The Morgan fingerprint density at radius 3 is 3.21 bits per heavy atom. The van der Waals surface area contributed by atoms with Crippen molar-refractivity contribution in [1.29, 1.82) is 0 Å². The van der Waals surface area contributed by atoms with Gasteiger partial charge in [0.15, 0.2) is 0 Å². The van der Waals surface area contributed by atoms with Crippen molar-refractivity contribution in [2.45, 2.75) is 38.6 Å². The minimum Gasteiger partial charge on any atom is -0.363 e. The molecule has 0 radical (unpaired) electrons. The zero-order valence-electron chi connectivity index (χ0n) is 10.8. The summed E-state index contributed by atoms with van der Waals surface area (Å²) in [7, 11) is 0. The SMILES string of the molecule is CCc1nc(Cl)cc(NC2CCCc3sccc32)n1. The first-order chi connectivity index (χ1) is 9.26. The van der Waals surface area contributed by atoms with E-state index in [-0.39, 0.29) is 0 Å². The second-order valence-corrected chi connectivity index (χ2v) is 6.12. The van der Waals surface area contributed by atoms with Gasteiger partial charge in [-0.1, -0.05) is 18.5 Å². The van der Waals surface area contributed by atoms with Crippen LogP contribution in [0.1, 0.15) is 42.1 Å². The average Bonchev–Trinajstić information content (AvgIpc) is 2.87. The number of aryl methyl sites for hydroxylation is 2.